The smallest absolute Gasteiger partial charge is 0.247 e. The Labute approximate surface area is 220 Å². The molecule has 4 aromatic rings. The van der Waals surface area contributed by atoms with Gasteiger partial charge >= 0.3 is 0 Å². The van der Waals surface area contributed by atoms with Crippen LogP contribution in [0.5, 0.6) is 0 Å². The van der Waals surface area contributed by atoms with Crippen molar-refractivity contribution in [2.75, 3.05) is 36.0 Å². The molecule has 3 aliphatic heterocycles. The van der Waals surface area contributed by atoms with Crippen LogP contribution in [0.2, 0.25) is 0 Å². The number of ether oxygens (including phenoxy) is 1. The molecule has 1 spiro atoms. The molecule has 38 heavy (non-hydrogen) atoms. The lowest BCUT2D eigenvalue weighted by molar-refractivity contribution is 0.0974. The van der Waals surface area contributed by atoms with Gasteiger partial charge in [-0.3, -0.25) is 5.10 Å². The number of H-pyrrole nitrogens is 1. The Morgan fingerprint density at radius 2 is 1.97 bits per heavy atom. The Balaban J connectivity index is 1.15. The summed E-state index contributed by atoms with van der Waals surface area (Å²) in [7, 11) is 0. The molecular formula is C27H33N9O2. The topological polar surface area (TPSA) is 135 Å². The van der Waals surface area contributed by atoms with E-state index < -0.39 is 0 Å². The van der Waals surface area contributed by atoms with Crippen LogP contribution in [0.25, 0.3) is 22.6 Å². The Kier molecular flexibility index (Phi) is 5.41. The van der Waals surface area contributed by atoms with Gasteiger partial charge in [-0.1, -0.05) is 6.92 Å². The van der Waals surface area contributed by atoms with Crippen LogP contribution in [0, 0.1) is 12.3 Å². The summed E-state index contributed by atoms with van der Waals surface area (Å²) in [5, 5.41) is 16.0. The van der Waals surface area contributed by atoms with Gasteiger partial charge in [-0.05, 0) is 55.9 Å². The van der Waals surface area contributed by atoms with Crippen molar-refractivity contribution in [3.05, 3.63) is 35.9 Å². The number of hydrogen-bond donors (Lipinski definition) is 2. The number of anilines is 3. The van der Waals surface area contributed by atoms with E-state index in [1.807, 2.05) is 12.3 Å². The van der Waals surface area contributed by atoms with Crippen molar-refractivity contribution in [3.63, 3.8) is 0 Å². The fourth-order valence-electron chi connectivity index (χ4n) is 6.33. The molecule has 3 N–H and O–H groups in total. The average Bonchev–Trinajstić information content (AvgIpc) is 3.64. The number of rotatable bonds is 3. The monoisotopic (exact) mass is 515 g/mol. The molecular weight excluding hydrogens is 482 g/mol. The number of nitrogens with zero attached hydrogens (tertiary/aromatic N) is 7. The fraction of sp³-hybridized carbons (Fsp3) is 0.519. The lowest BCUT2D eigenvalue weighted by Gasteiger charge is -2.41. The Morgan fingerprint density at radius 3 is 2.71 bits per heavy atom. The third kappa shape index (κ3) is 3.67. The summed E-state index contributed by atoms with van der Waals surface area (Å²) in [4.78, 5) is 14.3. The first-order valence-electron chi connectivity index (χ1n) is 13.5. The Bertz CT molecular complexity index is 1490. The van der Waals surface area contributed by atoms with Crippen molar-refractivity contribution < 1.29 is 9.15 Å². The number of benzene rings is 1. The van der Waals surface area contributed by atoms with Gasteiger partial charge in [0.05, 0.1) is 18.9 Å². The maximum absolute atomic E-state index is 6.50. The van der Waals surface area contributed by atoms with E-state index in [9.17, 15) is 0 Å². The third-order valence-electron chi connectivity index (χ3n) is 8.83. The van der Waals surface area contributed by atoms with Crippen LogP contribution in [-0.4, -0.2) is 68.7 Å². The number of hydrogen-bond acceptors (Lipinski definition) is 10. The van der Waals surface area contributed by atoms with Crippen molar-refractivity contribution in [1.29, 1.82) is 0 Å². The van der Waals surface area contributed by atoms with Gasteiger partial charge in [0, 0.05) is 49.3 Å². The van der Waals surface area contributed by atoms with Gasteiger partial charge in [-0.25, -0.2) is 9.97 Å². The van der Waals surface area contributed by atoms with E-state index in [0.29, 0.717) is 23.3 Å². The van der Waals surface area contributed by atoms with Crippen LogP contribution in [0.4, 0.5) is 17.3 Å². The molecule has 198 valence electrons. The summed E-state index contributed by atoms with van der Waals surface area (Å²) < 4.78 is 11.5. The van der Waals surface area contributed by atoms with E-state index in [4.69, 9.17) is 24.9 Å². The lowest BCUT2D eigenvalue weighted by atomic mass is 9.73. The van der Waals surface area contributed by atoms with Crippen LogP contribution in [0.3, 0.4) is 0 Å². The number of aromatic nitrogens is 6. The first-order chi connectivity index (χ1) is 18.4. The Hall–Kier alpha value is -3.57. The summed E-state index contributed by atoms with van der Waals surface area (Å²) in [5.41, 5.74) is 11.3. The molecule has 3 atom stereocenters. The SMILES string of the molecule is Cc1nnc(-c2ccc3c(c2)[C@@H](C)CCN3c2n[nH]c3nc(N4CCC5(CC4)CO[C@@H](C)[C@H]5N)cnc23)o1. The zero-order chi connectivity index (χ0) is 26.0. The van der Waals surface area contributed by atoms with E-state index >= 15 is 0 Å². The maximum Gasteiger partial charge on any atom is 0.247 e. The van der Waals surface area contributed by atoms with Gasteiger partial charge in [0.2, 0.25) is 11.8 Å². The van der Waals surface area contributed by atoms with Gasteiger partial charge in [-0.2, -0.15) is 5.10 Å². The number of piperidine rings is 1. The lowest BCUT2D eigenvalue weighted by Crippen LogP contribution is -2.50. The van der Waals surface area contributed by atoms with Crippen molar-refractivity contribution >= 4 is 28.5 Å². The van der Waals surface area contributed by atoms with Crippen molar-refractivity contribution in [1.82, 2.24) is 30.4 Å². The second-order valence-corrected chi connectivity index (χ2v) is 11.1. The Morgan fingerprint density at radius 1 is 1.13 bits per heavy atom. The van der Waals surface area contributed by atoms with Crippen LogP contribution < -0.4 is 15.5 Å². The molecule has 6 heterocycles. The van der Waals surface area contributed by atoms with Gasteiger partial charge in [0.1, 0.15) is 5.82 Å². The first kappa shape index (κ1) is 23.5. The average molecular weight is 516 g/mol. The van der Waals surface area contributed by atoms with E-state index in [2.05, 4.69) is 56.2 Å². The molecule has 2 saturated heterocycles. The molecule has 11 heteroatoms. The summed E-state index contributed by atoms with van der Waals surface area (Å²) in [6, 6.07) is 6.39. The fourth-order valence-corrected chi connectivity index (χ4v) is 6.33. The number of nitrogens with one attached hydrogen (secondary N) is 1. The predicted molar refractivity (Wildman–Crippen MR) is 143 cm³/mol. The largest absolute Gasteiger partial charge is 0.421 e. The number of aryl methyl sites for hydroxylation is 1. The first-order valence-corrected chi connectivity index (χ1v) is 13.5. The highest BCUT2D eigenvalue weighted by atomic mass is 16.5. The van der Waals surface area contributed by atoms with E-state index in [1.165, 1.54) is 5.56 Å². The molecule has 0 aliphatic carbocycles. The second-order valence-electron chi connectivity index (χ2n) is 11.1. The highest BCUT2D eigenvalue weighted by molar-refractivity contribution is 5.88. The summed E-state index contributed by atoms with van der Waals surface area (Å²) in [6.07, 6.45) is 5.00. The van der Waals surface area contributed by atoms with Crippen molar-refractivity contribution in [3.8, 4) is 11.5 Å². The zero-order valence-corrected chi connectivity index (χ0v) is 22.0. The molecule has 0 saturated carbocycles. The van der Waals surface area contributed by atoms with Crippen LogP contribution in [0.15, 0.2) is 28.8 Å². The number of fused-ring (bicyclic) bond motifs is 2. The number of nitrogens with two attached hydrogens (primary N) is 1. The van der Waals surface area contributed by atoms with Gasteiger partial charge in [-0.15, -0.1) is 10.2 Å². The molecule has 0 unspecified atom stereocenters. The molecule has 3 aliphatic rings. The summed E-state index contributed by atoms with van der Waals surface area (Å²) in [5.74, 6) is 3.17. The van der Waals surface area contributed by atoms with Gasteiger partial charge in [0.15, 0.2) is 17.0 Å². The molecule has 1 aromatic carbocycles. The maximum atomic E-state index is 6.50. The second kappa shape index (κ2) is 8.74. The van der Waals surface area contributed by atoms with Crippen molar-refractivity contribution in [2.45, 2.75) is 58.1 Å². The highest BCUT2D eigenvalue weighted by Gasteiger charge is 2.47. The zero-order valence-electron chi connectivity index (χ0n) is 22.0. The van der Waals surface area contributed by atoms with Crippen LogP contribution >= 0.6 is 0 Å². The summed E-state index contributed by atoms with van der Waals surface area (Å²) in [6.45, 7) is 9.53. The van der Waals surface area contributed by atoms with Crippen LogP contribution in [-0.2, 0) is 4.74 Å². The number of aromatic amines is 1. The van der Waals surface area contributed by atoms with E-state index in [-0.39, 0.29) is 17.6 Å². The van der Waals surface area contributed by atoms with E-state index in [1.54, 1.807) is 6.92 Å². The molecule has 11 nitrogen and oxygen atoms in total. The van der Waals surface area contributed by atoms with Gasteiger partial charge in [0.25, 0.3) is 0 Å². The molecule has 7 rings (SSSR count). The van der Waals surface area contributed by atoms with E-state index in [0.717, 1.165) is 73.9 Å². The molecule has 0 bridgehead atoms. The molecule has 0 radical (unpaired) electrons. The molecule has 3 aromatic heterocycles. The minimum absolute atomic E-state index is 0.0790. The van der Waals surface area contributed by atoms with Crippen LogP contribution in [0.1, 0.15) is 50.5 Å². The highest BCUT2D eigenvalue weighted by Crippen LogP contribution is 2.43. The quantitative estimate of drug-likeness (QED) is 0.416. The third-order valence-corrected chi connectivity index (χ3v) is 8.83. The van der Waals surface area contributed by atoms with Crippen molar-refractivity contribution in [2.24, 2.45) is 11.1 Å². The standard InChI is InChI=1S/C27H33N9O2/c1-15-6-9-36(20-5-4-18(12-19(15)20)26-34-31-17(3)38-26)25-22-24(32-33-25)30-21(13-29-22)35-10-7-27(8-11-35)14-37-16(2)23(27)28/h4-5,12-13,15-16,23H,6-11,14,28H2,1-3H3,(H,30,32,33)/t15-,16-,23+/m0/s1. The normalized spacial score (nSPS) is 24.9. The minimum Gasteiger partial charge on any atom is -0.421 e. The van der Waals surface area contributed by atoms with Gasteiger partial charge < -0.3 is 24.7 Å². The predicted octanol–water partition coefficient (Wildman–Crippen LogP) is 3.69. The molecule has 0 amide bonds. The molecule has 2 fully saturated rings. The minimum atomic E-state index is 0.0790. The summed E-state index contributed by atoms with van der Waals surface area (Å²) >= 11 is 0.